The van der Waals surface area contributed by atoms with Crippen LogP contribution in [-0.4, -0.2) is 10.2 Å². The van der Waals surface area contributed by atoms with Gasteiger partial charge in [-0.3, -0.25) is 0 Å². The molecule has 0 fully saturated rings. The molecular weight excluding hydrogens is 225 g/mol. The highest BCUT2D eigenvalue weighted by Gasteiger charge is 2.09. The minimum absolute atomic E-state index is 0.300. The number of halogens is 1. The zero-order valence-corrected chi connectivity index (χ0v) is 9.17. The highest BCUT2D eigenvalue weighted by molar-refractivity contribution is 7.14. The summed E-state index contributed by atoms with van der Waals surface area (Å²) in [6, 6.07) is 8.50. The smallest absolute Gasteiger partial charge is 0.150 e. The van der Waals surface area contributed by atoms with Crippen molar-refractivity contribution in [3.8, 4) is 16.6 Å². The Hall–Kier alpha value is -1.80. The summed E-state index contributed by atoms with van der Waals surface area (Å²) in [5.74, 6) is -0.300. The van der Waals surface area contributed by atoms with Crippen molar-refractivity contribution in [2.45, 2.75) is 12.8 Å². The first kappa shape index (κ1) is 10.7. The van der Waals surface area contributed by atoms with Gasteiger partial charge in [-0.2, -0.15) is 5.26 Å². The van der Waals surface area contributed by atoms with E-state index in [0.29, 0.717) is 23.4 Å². The maximum absolute atomic E-state index is 13.4. The highest BCUT2D eigenvalue weighted by Crippen LogP contribution is 2.26. The molecule has 0 radical (unpaired) electrons. The quantitative estimate of drug-likeness (QED) is 0.819. The predicted octanol–water partition coefficient (Wildman–Crippen LogP) is 2.80. The van der Waals surface area contributed by atoms with E-state index in [1.807, 2.05) is 6.07 Å². The predicted molar refractivity (Wildman–Crippen MR) is 59.2 cm³/mol. The summed E-state index contributed by atoms with van der Waals surface area (Å²) >= 11 is 1.33. The van der Waals surface area contributed by atoms with Crippen LogP contribution in [0, 0.1) is 17.1 Å². The number of aryl methyl sites for hydroxylation is 1. The van der Waals surface area contributed by atoms with Gasteiger partial charge >= 0.3 is 0 Å². The maximum atomic E-state index is 13.4. The second-order valence-corrected chi connectivity index (χ2v) is 4.20. The summed E-state index contributed by atoms with van der Waals surface area (Å²) in [6.45, 7) is 0. The number of hydrogen-bond acceptors (Lipinski definition) is 4. The molecule has 0 atom stereocenters. The molecule has 0 saturated carbocycles. The monoisotopic (exact) mass is 233 g/mol. The van der Waals surface area contributed by atoms with Crippen LogP contribution in [0.2, 0.25) is 0 Å². The summed E-state index contributed by atoms with van der Waals surface area (Å²) in [5, 5.41) is 17.6. The van der Waals surface area contributed by atoms with Crippen molar-refractivity contribution < 1.29 is 4.39 Å². The van der Waals surface area contributed by atoms with Crippen LogP contribution in [0.1, 0.15) is 11.4 Å². The van der Waals surface area contributed by atoms with Crippen molar-refractivity contribution in [2.24, 2.45) is 0 Å². The van der Waals surface area contributed by atoms with Crippen molar-refractivity contribution in [3.63, 3.8) is 0 Å². The third-order valence-electron chi connectivity index (χ3n) is 2.02. The molecule has 80 valence electrons. The van der Waals surface area contributed by atoms with E-state index in [9.17, 15) is 4.39 Å². The van der Waals surface area contributed by atoms with Gasteiger partial charge in [-0.15, -0.1) is 10.2 Å². The molecule has 2 aromatic rings. The minimum Gasteiger partial charge on any atom is -0.206 e. The zero-order valence-electron chi connectivity index (χ0n) is 8.35. The molecule has 0 aliphatic rings. The number of aromatic nitrogens is 2. The molecular formula is C11H8FN3S. The average molecular weight is 233 g/mol. The van der Waals surface area contributed by atoms with E-state index in [0.717, 1.165) is 5.01 Å². The van der Waals surface area contributed by atoms with E-state index < -0.39 is 0 Å². The molecule has 3 nitrogen and oxygen atoms in total. The lowest BCUT2D eigenvalue weighted by molar-refractivity contribution is 0.631. The third-order valence-corrected chi connectivity index (χ3v) is 3.04. The summed E-state index contributed by atoms with van der Waals surface area (Å²) in [6.07, 6.45) is 0.981. The van der Waals surface area contributed by atoms with Gasteiger partial charge in [0, 0.05) is 18.4 Å². The lowest BCUT2D eigenvalue weighted by atomic mass is 10.2. The minimum atomic E-state index is -0.300. The fraction of sp³-hybridized carbons (Fsp3) is 0.182. The molecule has 0 bridgehead atoms. The average Bonchev–Trinajstić information content (AvgIpc) is 2.75. The molecule has 0 unspecified atom stereocenters. The van der Waals surface area contributed by atoms with Crippen LogP contribution in [0.4, 0.5) is 4.39 Å². The van der Waals surface area contributed by atoms with Gasteiger partial charge in [0.15, 0.2) is 5.01 Å². The first-order valence-corrected chi connectivity index (χ1v) is 5.57. The molecule has 0 N–H and O–H groups in total. The molecule has 0 aliphatic carbocycles. The Morgan fingerprint density at radius 1 is 1.31 bits per heavy atom. The van der Waals surface area contributed by atoms with Gasteiger partial charge in [-0.1, -0.05) is 23.5 Å². The van der Waals surface area contributed by atoms with Crippen molar-refractivity contribution in [1.29, 1.82) is 5.26 Å². The second kappa shape index (κ2) is 4.81. The third kappa shape index (κ3) is 2.23. The summed E-state index contributed by atoms with van der Waals surface area (Å²) in [4.78, 5) is 0. The molecule has 1 heterocycles. The summed E-state index contributed by atoms with van der Waals surface area (Å²) in [7, 11) is 0. The Kier molecular flexibility index (Phi) is 3.22. The lowest BCUT2D eigenvalue weighted by Crippen LogP contribution is -1.82. The van der Waals surface area contributed by atoms with Gasteiger partial charge in [-0.25, -0.2) is 4.39 Å². The van der Waals surface area contributed by atoms with Crippen LogP contribution in [-0.2, 0) is 6.42 Å². The Morgan fingerprint density at radius 3 is 2.88 bits per heavy atom. The molecule has 0 saturated heterocycles. The zero-order chi connectivity index (χ0) is 11.4. The first-order valence-electron chi connectivity index (χ1n) is 4.75. The van der Waals surface area contributed by atoms with Crippen LogP contribution in [0.3, 0.4) is 0 Å². The Balaban J connectivity index is 2.26. The summed E-state index contributed by atoms with van der Waals surface area (Å²) in [5.41, 5.74) is 0.461. The van der Waals surface area contributed by atoms with Crippen LogP contribution < -0.4 is 0 Å². The molecule has 0 aliphatic heterocycles. The largest absolute Gasteiger partial charge is 0.206 e. The molecule has 2 rings (SSSR count). The van der Waals surface area contributed by atoms with Crippen molar-refractivity contribution in [2.75, 3.05) is 0 Å². The van der Waals surface area contributed by atoms with Crippen LogP contribution in [0.25, 0.3) is 10.6 Å². The van der Waals surface area contributed by atoms with E-state index >= 15 is 0 Å². The SMILES string of the molecule is N#CCCc1nnc(-c2ccccc2F)s1. The lowest BCUT2D eigenvalue weighted by Gasteiger charge is -1.95. The fourth-order valence-corrected chi connectivity index (χ4v) is 2.13. The van der Waals surface area contributed by atoms with Crippen LogP contribution in [0.15, 0.2) is 24.3 Å². The fourth-order valence-electron chi connectivity index (χ4n) is 1.26. The number of nitriles is 1. The van der Waals surface area contributed by atoms with E-state index in [2.05, 4.69) is 10.2 Å². The van der Waals surface area contributed by atoms with Crippen molar-refractivity contribution in [3.05, 3.63) is 35.1 Å². The second-order valence-electron chi connectivity index (χ2n) is 3.14. The van der Waals surface area contributed by atoms with Gasteiger partial charge in [-0.05, 0) is 12.1 Å². The number of hydrogen-bond donors (Lipinski definition) is 0. The van der Waals surface area contributed by atoms with Crippen molar-refractivity contribution >= 4 is 11.3 Å². The number of rotatable bonds is 3. The van der Waals surface area contributed by atoms with Gasteiger partial charge < -0.3 is 0 Å². The molecule has 0 spiro atoms. The highest BCUT2D eigenvalue weighted by atomic mass is 32.1. The van der Waals surface area contributed by atoms with E-state index in [1.165, 1.54) is 17.4 Å². The maximum Gasteiger partial charge on any atom is 0.150 e. The van der Waals surface area contributed by atoms with Gasteiger partial charge in [0.05, 0.1) is 6.07 Å². The van der Waals surface area contributed by atoms with Gasteiger partial charge in [0.1, 0.15) is 10.8 Å². The van der Waals surface area contributed by atoms with Crippen LogP contribution in [0.5, 0.6) is 0 Å². The van der Waals surface area contributed by atoms with Gasteiger partial charge in [0.25, 0.3) is 0 Å². The van der Waals surface area contributed by atoms with Crippen molar-refractivity contribution in [1.82, 2.24) is 10.2 Å². The first-order chi connectivity index (χ1) is 7.81. The molecule has 1 aromatic heterocycles. The standard InChI is InChI=1S/C11H8FN3S/c12-9-5-2-1-4-8(9)11-15-14-10(16-11)6-3-7-13/h1-2,4-5H,3,6H2. The molecule has 0 amide bonds. The molecule has 1 aromatic carbocycles. The van der Waals surface area contributed by atoms with Gasteiger partial charge in [0.2, 0.25) is 0 Å². The van der Waals surface area contributed by atoms with E-state index in [-0.39, 0.29) is 5.82 Å². The normalized spacial score (nSPS) is 10.0. The van der Waals surface area contributed by atoms with E-state index in [4.69, 9.17) is 5.26 Å². The molecule has 5 heteroatoms. The topological polar surface area (TPSA) is 49.6 Å². The Bertz CT molecular complexity index is 530. The molecule has 16 heavy (non-hydrogen) atoms. The van der Waals surface area contributed by atoms with E-state index in [1.54, 1.807) is 18.2 Å². The summed E-state index contributed by atoms with van der Waals surface area (Å²) < 4.78 is 13.4. The Labute approximate surface area is 96.2 Å². The Morgan fingerprint density at radius 2 is 2.12 bits per heavy atom. The van der Waals surface area contributed by atoms with Crippen LogP contribution >= 0.6 is 11.3 Å². The number of nitrogens with zero attached hydrogens (tertiary/aromatic N) is 3. The number of benzene rings is 1.